The molecule has 5 heteroatoms. The molecule has 0 unspecified atom stereocenters. The quantitative estimate of drug-likeness (QED) is 0.800. The fourth-order valence-electron chi connectivity index (χ4n) is 2.97. The van der Waals surface area contributed by atoms with Crippen molar-refractivity contribution in [1.82, 2.24) is 19.5 Å². The zero-order valence-electron chi connectivity index (χ0n) is 12.3. The number of likely N-dealkylation sites (tertiary alicyclic amines) is 1. The zero-order chi connectivity index (χ0) is 14.3. The number of piperidine rings is 1. The molecule has 1 amide bonds. The third-order valence-electron chi connectivity index (χ3n) is 3.95. The highest BCUT2D eigenvalue weighted by Crippen LogP contribution is 2.20. The molecule has 3 rings (SSSR count). The van der Waals surface area contributed by atoms with Gasteiger partial charge in [-0.05, 0) is 38.7 Å². The van der Waals surface area contributed by atoms with Crippen LogP contribution in [0.15, 0.2) is 12.3 Å². The molecule has 20 heavy (non-hydrogen) atoms. The monoisotopic (exact) mass is 272 g/mol. The van der Waals surface area contributed by atoms with E-state index in [-0.39, 0.29) is 5.91 Å². The van der Waals surface area contributed by atoms with Gasteiger partial charge in [-0.3, -0.25) is 4.79 Å². The molecule has 0 saturated carbocycles. The maximum atomic E-state index is 12.7. The van der Waals surface area contributed by atoms with E-state index in [2.05, 4.69) is 17.0 Å². The van der Waals surface area contributed by atoms with Gasteiger partial charge in [0.2, 0.25) is 0 Å². The number of nitrogens with zero attached hydrogens (tertiary/aromatic N) is 4. The van der Waals surface area contributed by atoms with Gasteiger partial charge < -0.3 is 4.90 Å². The van der Waals surface area contributed by atoms with Crippen molar-refractivity contribution in [2.75, 3.05) is 13.1 Å². The van der Waals surface area contributed by atoms with Gasteiger partial charge in [0.05, 0.1) is 6.20 Å². The smallest absolute Gasteiger partial charge is 0.259 e. The standard InChI is InChI=1S/C15H20N4O/c1-10-5-4-6-18(9-10)15(20)13-8-16-19-12(3)7-11(2)17-14(13)19/h7-8,10H,4-6,9H2,1-3H3/t10-/m1/s1. The molecule has 0 aliphatic carbocycles. The average molecular weight is 272 g/mol. The summed E-state index contributed by atoms with van der Waals surface area (Å²) in [7, 11) is 0. The fraction of sp³-hybridized carbons (Fsp3) is 0.533. The van der Waals surface area contributed by atoms with Crippen molar-refractivity contribution in [3.05, 3.63) is 29.2 Å². The minimum absolute atomic E-state index is 0.0593. The largest absolute Gasteiger partial charge is 0.338 e. The van der Waals surface area contributed by atoms with E-state index in [0.29, 0.717) is 17.1 Å². The Bertz CT molecular complexity index is 661. The van der Waals surface area contributed by atoms with Crippen molar-refractivity contribution in [1.29, 1.82) is 0 Å². The van der Waals surface area contributed by atoms with Crippen LogP contribution in [0, 0.1) is 19.8 Å². The van der Waals surface area contributed by atoms with Crippen molar-refractivity contribution < 1.29 is 4.79 Å². The third kappa shape index (κ3) is 2.17. The van der Waals surface area contributed by atoms with Crippen LogP contribution in [0.25, 0.3) is 5.65 Å². The first-order chi connectivity index (χ1) is 9.56. The number of carbonyl (C=O) groups excluding carboxylic acids is 1. The van der Waals surface area contributed by atoms with Crippen molar-refractivity contribution in [3.8, 4) is 0 Å². The van der Waals surface area contributed by atoms with E-state index in [1.165, 1.54) is 6.42 Å². The van der Waals surface area contributed by atoms with E-state index in [9.17, 15) is 4.79 Å². The molecule has 1 fully saturated rings. The number of rotatable bonds is 1. The number of carbonyl (C=O) groups is 1. The molecule has 2 aromatic rings. The minimum atomic E-state index is 0.0593. The summed E-state index contributed by atoms with van der Waals surface area (Å²) in [4.78, 5) is 19.1. The van der Waals surface area contributed by atoms with Crippen LogP contribution >= 0.6 is 0 Å². The minimum Gasteiger partial charge on any atom is -0.338 e. The molecule has 0 aromatic carbocycles. The molecule has 0 bridgehead atoms. The van der Waals surface area contributed by atoms with Gasteiger partial charge >= 0.3 is 0 Å². The van der Waals surface area contributed by atoms with Gasteiger partial charge in [-0.25, -0.2) is 9.50 Å². The lowest BCUT2D eigenvalue weighted by molar-refractivity contribution is 0.0685. The maximum absolute atomic E-state index is 12.7. The van der Waals surface area contributed by atoms with E-state index in [0.717, 1.165) is 30.9 Å². The normalized spacial score (nSPS) is 19.6. The van der Waals surface area contributed by atoms with E-state index in [1.54, 1.807) is 10.7 Å². The van der Waals surface area contributed by atoms with Crippen LogP contribution in [-0.2, 0) is 0 Å². The van der Waals surface area contributed by atoms with Crippen LogP contribution in [0.2, 0.25) is 0 Å². The Hall–Kier alpha value is -1.91. The molecule has 5 nitrogen and oxygen atoms in total. The Balaban J connectivity index is 1.99. The SMILES string of the molecule is Cc1cc(C)n2ncc(C(=O)N3CCC[C@@H](C)C3)c2n1. The highest BCUT2D eigenvalue weighted by atomic mass is 16.2. The number of amides is 1. The van der Waals surface area contributed by atoms with Gasteiger partial charge in [-0.15, -0.1) is 0 Å². The molecule has 0 N–H and O–H groups in total. The van der Waals surface area contributed by atoms with Crippen molar-refractivity contribution in [2.45, 2.75) is 33.6 Å². The Morgan fingerprint density at radius 2 is 2.20 bits per heavy atom. The van der Waals surface area contributed by atoms with Crippen LogP contribution in [0.4, 0.5) is 0 Å². The second-order valence-electron chi connectivity index (χ2n) is 5.83. The Kier molecular flexibility index (Phi) is 3.20. The summed E-state index contributed by atoms with van der Waals surface area (Å²) in [6.45, 7) is 7.79. The number of aromatic nitrogens is 3. The molecule has 1 aliphatic rings. The van der Waals surface area contributed by atoms with Gasteiger partial charge in [0, 0.05) is 24.5 Å². The van der Waals surface area contributed by atoms with Gasteiger partial charge in [0.1, 0.15) is 5.56 Å². The summed E-state index contributed by atoms with van der Waals surface area (Å²) < 4.78 is 1.74. The predicted octanol–water partition coefficient (Wildman–Crippen LogP) is 2.22. The van der Waals surface area contributed by atoms with Crippen LogP contribution in [0.3, 0.4) is 0 Å². The fourth-order valence-corrected chi connectivity index (χ4v) is 2.97. The Morgan fingerprint density at radius 3 is 2.95 bits per heavy atom. The average Bonchev–Trinajstić information content (AvgIpc) is 2.81. The lowest BCUT2D eigenvalue weighted by Gasteiger charge is -2.30. The first-order valence-corrected chi connectivity index (χ1v) is 7.17. The van der Waals surface area contributed by atoms with Gasteiger partial charge in [-0.2, -0.15) is 5.10 Å². The maximum Gasteiger partial charge on any atom is 0.259 e. The molecule has 2 aromatic heterocycles. The van der Waals surface area contributed by atoms with Crippen LogP contribution in [0.1, 0.15) is 41.5 Å². The molecular weight excluding hydrogens is 252 g/mol. The summed E-state index contributed by atoms with van der Waals surface area (Å²) in [5, 5.41) is 4.30. The second kappa shape index (κ2) is 4.89. The third-order valence-corrected chi connectivity index (χ3v) is 3.95. The zero-order valence-corrected chi connectivity index (χ0v) is 12.3. The van der Waals surface area contributed by atoms with E-state index >= 15 is 0 Å². The molecule has 1 saturated heterocycles. The Labute approximate surface area is 118 Å². The second-order valence-corrected chi connectivity index (χ2v) is 5.83. The summed E-state index contributed by atoms with van der Waals surface area (Å²) in [5.41, 5.74) is 3.20. The Morgan fingerprint density at radius 1 is 1.40 bits per heavy atom. The molecule has 3 heterocycles. The van der Waals surface area contributed by atoms with Gasteiger partial charge in [0.25, 0.3) is 5.91 Å². The topological polar surface area (TPSA) is 50.5 Å². The number of aryl methyl sites for hydroxylation is 2. The lowest BCUT2D eigenvalue weighted by Crippen LogP contribution is -2.39. The van der Waals surface area contributed by atoms with Crippen LogP contribution < -0.4 is 0 Å². The summed E-state index contributed by atoms with van der Waals surface area (Å²) in [6.07, 6.45) is 3.93. The highest BCUT2D eigenvalue weighted by molar-refractivity contribution is 5.99. The number of hydrogen-bond acceptors (Lipinski definition) is 3. The summed E-state index contributed by atoms with van der Waals surface area (Å²) in [6, 6.07) is 1.97. The molecule has 1 atom stereocenters. The van der Waals surface area contributed by atoms with Gasteiger partial charge in [0.15, 0.2) is 5.65 Å². The molecule has 0 spiro atoms. The molecule has 1 aliphatic heterocycles. The first-order valence-electron chi connectivity index (χ1n) is 7.17. The first kappa shape index (κ1) is 13.1. The van der Waals surface area contributed by atoms with Crippen molar-refractivity contribution >= 4 is 11.6 Å². The molecule has 106 valence electrons. The molecule has 0 radical (unpaired) electrons. The summed E-state index contributed by atoms with van der Waals surface area (Å²) >= 11 is 0. The summed E-state index contributed by atoms with van der Waals surface area (Å²) in [5.74, 6) is 0.634. The van der Waals surface area contributed by atoms with Crippen LogP contribution in [0.5, 0.6) is 0 Å². The molecular formula is C15H20N4O. The van der Waals surface area contributed by atoms with E-state index in [4.69, 9.17) is 0 Å². The van der Waals surface area contributed by atoms with Crippen molar-refractivity contribution in [3.63, 3.8) is 0 Å². The van der Waals surface area contributed by atoms with E-state index in [1.807, 2.05) is 24.8 Å². The van der Waals surface area contributed by atoms with Crippen LogP contribution in [-0.4, -0.2) is 38.5 Å². The van der Waals surface area contributed by atoms with Gasteiger partial charge in [-0.1, -0.05) is 6.92 Å². The number of fused-ring (bicyclic) bond motifs is 1. The number of hydrogen-bond donors (Lipinski definition) is 0. The highest BCUT2D eigenvalue weighted by Gasteiger charge is 2.25. The van der Waals surface area contributed by atoms with Crippen molar-refractivity contribution in [2.24, 2.45) is 5.92 Å². The predicted molar refractivity (Wildman–Crippen MR) is 76.8 cm³/mol. The van der Waals surface area contributed by atoms with E-state index < -0.39 is 0 Å². The lowest BCUT2D eigenvalue weighted by atomic mass is 10.00.